The lowest BCUT2D eigenvalue weighted by Gasteiger charge is -2.33. The molecule has 0 aromatic rings. The minimum atomic E-state index is -0.559. The number of allylic oxidation sites excluding steroid dienone is 2. The fourth-order valence-corrected chi connectivity index (χ4v) is 2.57. The van der Waals surface area contributed by atoms with Crippen molar-refractivity contribution >= 4 is 28.4 Å². The van der Waals surface area contributed by atoms with Gasteiger partial charge in [-0.25, -0.2) is 0 Å². The Morgan fingerprint density at radius 2 is 1.77 bits per heavy atom. The van der Waals surface area contributed by atoms with Crippen molar-refractivity contribution in [2.75, 3.05) is 0 Å². The third-order valence-electron chi connectivity index (χ3n) is 2.79. The second kappa shape index (κ2) is 4.47. The highest BCUT2D eigenvalue weighted by Gasteiger charge is 2.40. The normalized spacial score (nSPS) is 22.8. The summed E-state index contributed by atoms with van der Waals surface area (Å²) in [5.41, 5.74) is -0.559. The summed E-state index contributed by atoms with van der Waals surface area (Å²) in [7, 11) is 0. The summed E-state index contributed by atoms with van der Waals surface area (Å²) in [5.74, 6) is 0. The first-order chi connectivity index (χ1) is 6.13. The standard InChI is InChI=1S/C10H14Cl2O/c1-2-8(11)10(9(12)13)6-4-3-5-7-10/h2H,3-7H2,1H3/b8-2-. The van der Waals surface area contributed by atoms with E-state index in [2.05, 4.69) is 0 Å². The zero-order valence-electron chi connectivity index (χ0n) is 7.78. The van der Waals surface area contributed by atoms with Crippen LogP contribution in [0.2, 0.25) is 0 Å². The SMILES string of the molecule is C/C=C(\Cl)C1(C(=O)Cl)CCCCC1. The minimum Gasteiger partial charge on any atom is -0.280 e. The van der Waals surface area contributed by atoms with Gasteiger partial charge in [0.25, 0.3) is 0 Å². The molecule has 0 radical (unpaired) electrons. The maximum atomic E-state index is 11.4. The van der Waals surface area contributed by atoms with Gasteiger partial charge >= 0.3 is 0 Å². The van der Waals surface area contributed by atoms with E-state index >= 15 is 0 Å². The Hall–Kier alpha value is -0.0100. The van der Waals surface area contributed by atoms with Crippen molar-refractivity contribution < 1.29 is 4.79 Å². The molecule has 0 heterocycles. The predicted octanol–water partition coefficient (Wildman–Crippen LogP) is 3.84. The van der Waals surface area contributed by atoms with Crippen LogP contribution in [0, 0.1) is 5.41 Å². The molecule has 1 aliphatic carbocycles. The average molecular weight is 221 g/mol. The summed E-state index contributed by atoms with van der Waals surface area (Å²) >= 11 is 11.7. The Kier molecular flexibility index (Phi) is 3.81. The topological polar surface area (TPSA) is 17.1 Å². The summed E-state index contributed by atoms with van der Waals surface area (Å²) in [4.78, 5) is 11.4. The van der Waals surface area contributed by atoms with Gasteiger partial charge in [0.1, 0.15) is 0 Å². The van der Waals surface area contributed by atoms with Crippen molar-refractivity contribution in [3.05, 3.63) is 11.1 Å². The van der Waals surface area contributed by atoms with Crippen molar-refractivity contribution in [2.24, 2.45) is 5.41 Å². The lowest BCUT2D eigenvalue weighted by molar-refractivity contribution is -0.119. The molecule has 0 atom stereocenters. The van der Waals surface area contributed by atoms with Gasteiger partial charge in [0.05, 0.1) is 5.41 Å². The van der Waals surface area contributed by atoms with Crippen molar-refractivity contribution in [2.45, 2.75) is 39.0 Å². The van der Waals surface area contributed by atoms with Crippen LogP contribution in [0.25, 0.3) is 0 Å². The van der Waals surface area contributed by atoms with Crippen molar-refractivity contribution in [3.63, 3.8) is 0 Å². The van der Waals surface area contributed by atoms with Crippen molar-refractivity contribution in [1.82, 2.24) is 0 Å². The van der Waals surface area contributed by atoms with Gasteiger partial charge in [0.15, 0.2) is 0 Å². The van der Waals surface area contributed by atoms with E-state index in [1.54, 1.807) is 6.08 Å². The van der Waals surface area contributed by atoms with Gasteiger partial charge < -0.3 is 0 Å². The quantitative estimate of drug-likeness (QED) is 0.647. The zero-order chi connectivity index (χ0) is 9.90. The van der Waals surface area contributed by atoms with Gasteiger partial charge in [-0.1, -0.05) is 36.9 Å². The largest absolute Gasteiger partial charge is 0.280 e. The molecule has 1 fully saturated rings. The highest BCUT2D eigenvalue weighted by atomic mass is 35.5. The third-order valence-corrected chi connectivity index (χ3v) is 3.74. The first-order valence-electron chi connectivity index (χ1n) is 4.66. The molecule has 0 amide bonds. The first-order valence-corrected chi connectivity index (χ1v) is 5.41. The van der Waals surface area contributed by atoms with E-state index in [0.29, 0.717) is 5.03 Å². The highest BCUT2D eigenvalue weighted by molar-refractivity contribution is 6.65. The van der Waals surface area contributed by atoms with Gasteiger partial charge in [0, 0.05) is 5.03 Å². The van der Waals surface area contributed by atoms with Crippen molar-refractivity contribution in [1.29, 1.82) is 0 Å². The second-order valence-electron chi connectivity index (χ2n) is 3.55. The van der Waals surface area contributed by atoms with E-state index in [9.17, 15) is 4.79 Å². The number of carbonyl (C=O) groups excluding carboxylic acids is 1. The molecule has 1 nitrogen and oxygen atoms in total. The molecule has 0 saturated heterocycles. The van der Waals surface area contributed by atoms with Crippen LogP contribution in [0.1, 0.15) is 39.0 Å². The highest BCUT2D eigenvalue weighted by Crippen LogP contribution is 2.45. The molecular formula is C10H14Cl2O. The Bertz CT molecular complexity index is 227. The van der Waals surface area contributed by atoms with Gasteiger partial charge in [0.2, 0.25) is 5.24 Å². The van der Waals surface area contributed by atoms with Crippen LogP contribution in [0.15, 0.2) is 11.1 Å². The lowest BCUT2D eigenvalue weighted by atomic mass is 9.74. The number of hydrogen-bond donors (Lipinski definition) is 0. The van der Waals surface area contributed by atoms with Crippen LogP contribution < -0.4 is 0 Å². The number of rotatable bonds is 2. The predicted molar refractivity (Wildman–Crippen MR) is 56.0 cm³/mol. The molecule has 74 valence electrons. The van der Waals surface area contributed by atoms with Gasteiger partial charge in [-0.15, -0.1) is 0 Å². The van der Waals surface area contributed by atoms with Crippen LogP contribution in [0.3, 0.4) is 0 Å². The number of carbonyl (C=O) groups is 1. The molecule has 1 saturated carbocycles. The maximum Gasteiger partial charge on any atom is 0.233 e. The summed E-state index contributed by atoms with van der Waals surface area (Å²) in [5, 5.41) is 0.322. The Morgan fingerprint density at radius 1 is 1.23 bits per heavy atom. The Balaban J connectivity index is 2.92. The Labute approximate surface area is 89.1 Å². The molecule has 0 aromatic carbocycles. The molecule has 0 bridgehead atoms. The molecule has 0 aromatic heterocycles. The second-order valence-corrected chi connectivity index (χ2v) is 4.30. The fraction of sp³-hybridized carbons (Fsp3) is 0.700. The van der Waals surface area contributed by atoms with E-state index in [1.165, 1.54) is 6.42 Å². The van der Waals surface area contributed by atoms with E-state index < -0.39 is 5.41 Å². The van der Waals surface area contributed by atoms with Gasteiger partial charge in [-0.3, -0.25) is 4.79 Å². The van der Waals surface area contributed by atoms with Crippen molar-refractivity contribution in [3.8, 4) is 0 Å². The molecule has 0 spiro atoms. The average Bonchev–Trinajstić information content (AvgIpc) is 2.17. The summed E-state index contributed by atoms with van der Waals surface area (Å²) in [6.07, 6.45) is 6.66. The molecule has 0 N–H and O–H groups in total. The minimum absolute atomic E-state index is 0.296. The maximum absolute atomic E-state index is 11.4. The molecule has 1 aliphatic rings. The summed E-state index contributed by atoms with van der Waals surface area (Å²) in [6, 6.07) is 0. The van der Waals surface area contributed by atoms with Crippen LogP contribution in [-0.4, -0.2) is 5.24 Å². The molecule has 0 aliphatic heterocycles. The van der Waals surface area contributed by atoms with E-state index in [1.807, 2.05) is 6.92 Å². The Morgan fingerprint density at radius 3 is 2.15 bits per heavy atom. The van der Waals surface area contributed by atoms with Crippen LogP contribution >= 0.6 is 23.2 Å². The number of hydrogen-bond acceptors (Lipinski definition) is 1. The van der Waals surface area contributed by atoms with E-state index in [4.69, 9.17) is 23.2 Å². The molecular weight excluding hydrogens is 207 g/mol. The third kappa shape index (κ3) is 2.08. The zero-order valence-corrected chi connectivity index (χ0v) is 9.29. The van der Waals surface area contributed by atoms with Crippen LogP contribution in [0.4, 0.5) is 0 Å². The molecule has 1 rings (SSSR count). The fourth-order valence-electron chi connectivity index (χ4n) is 1.96. The first kappa shape index (κ1) is 11.1. The summed E-state index contributed by atoms with van der Waals surface area (Å²) < 4.78 is 0. The van der Waals surface area contributed by atoms with Crippen LogP contribution in [0.5, 0.6) is 0 Å². The van der Waals surface area contributed by atoms with Gasteiger partial charge in [-0.2, -0.15) is 0 Å². The molecule has 0 unspecified atom stereocenters. The van der Waals surface area contributed by atoms with E-state index in [0.717, 1.165) is 25.7 Å². The molecule has 13 heavy (non-hydrogen) atoms. The monoisotopic (exact) mass is 220 g/mol. The van der Waals surface area contributed by atoms with Crippen LogP contribution in [-0.2, 0) is 4.79 Å². The summed E-state index contributed by atoms with van der Waals surface area (Å²) in [6.45, 7) is 1.85. The smallest absolute Gasteiger partial charge is 0.233 e. The van der Waals surface area contributed by atoms with E-state index in [-0.39, 0.29) is 5.24 Å². The lowest BCUT2D eigenvalue weighted by Crippen LogP contribution is -2.30. The molecule has 3 heteroatoms. The van der Waals surface area contributed by atoms with Gasteiger partial charge in [-0.05, 0) is 31.4 Å². The number of halogens is 2.